The molecule has 0 fully saturated rings. The highest BCUT2D eigenvalue weighted by molar-refractivity contribution is 6.32. The number of benzene rings is 2. The van der Waals surface area contributed by atoms with E-state index in [0.29, 0.717) is 33.5 Å². The Balaban J connectivity index is 1.72. The fourth-order valence-corrected chi connectivity index (χ4v) is 2.70. The molecule has 26 heavy (non-hydrogen) atoms. The molecule has 3 aromatic rings. The van der Waals surface area contributed by atoms with Crippen LogP contribution in [0.5, 0.6) is 5.75 Å². The summed E-state index contributed by atoms with van der Waals surface area (Å²) in [5, 5.41) is 3.15. The number of hydrogen-bond acceptors (Lipinski definition) is 4. The molecule has 0 saturated heterocycles. The molecule has 0 bridgehead atoms. The molecule has 1 aromatic heterocycles. The van der Waals surface area contributed by atoms with E-state index in [9.17, 15) is 9.18 Å². The van der Waals surface area contributed by atoms with Crippen LogP contribution in [-0.4, -0.2) is 18.0 Å². The summed E-state index contributed by atoms with van der Waals surface area (Å²) >= 11 is 6.05. The summed E-state index contributed by atoms with van der Waals surface area (Å²) in [6, 6.07) is 10.9. The second kappa shape index (κ2) is 7.58. The van der Waals surface area contributed by atoms with E-state index in [4.69, 9.17) is 20.8 Å². The number of hydrogen-bond donors (Lipinski definition) is 1. The molecule has 1 amide bonds. The molecule has 3 rings (SSSR count). The topological polar surface area (TPSA) is 64.4 Å². The highest BCUT2D eigenvalue weighted by Crippen LogP contribution is 2.27. The zero-order chi connectivity index (χ0) is 18.7. The van der Waals surface area contributed by atoms with E-state index in [2.05, 4.69) is 10.3 Å². The second-order valence-electron chi connectivity index (χ2n) is 5.61. The molecular formula is C19H16ClFN2O3. The largest absolute Gasteiger partial charge is 0.495 e. The van der Waals surface area contributed by atoms with Crippen LogP contribution >= 0.6 is 11.6 Å². The van der Waals surface area contributed by atoms with E-state index in [1.807, 2.05) is 0 Å². The Morgan fingerprint density at radius 2 is 2.12 bits per heavy atom. The normalized spacial score (nSPS) is 10.6. The fourth-order valence-electron chi connectivity index (χ4n) is 2.44. The minimum atomic E-state index is -0.381. The molecule has 5 nitrogen and oxygen atoms in total. The van der Waals surface area contributed by atoms with Crippen LogP contribution in [-0.2, 0) is 11.2 Å². The number of halogens is 2. The van der Waals surface area contributed by atoms with Crippen LogP contribution in [0.25, 0.3) is 11.5 Å². The van der Waals surface area contributed by atoms with Gasteiger partial charge in [-0.25, -0.2) is 9.37 Å². The molecule has 0 aliphatic carbocycles. The average Bonchev–Trinajstić information content (AvgIpc) is 2.96. The molecule has 0 aliphatic heterocycles. The molecule has 134 valence electrons. The van der Waals surface area contributed by atoms with Gasteiger partial charge in [0.1, 0.15) is 17.3 Å². The Labute approximate surface area is 154 Å². The molecule has 0 spiro atoms. The summed E-state index contributed by atoms with van der Waals surface area (Å²) in [6.07, 6.45) is 0.0221. The van der Waals surface area contributed by atoms with Crippen LogP contribution in [0.4, 0.5) is 10.1 Å². The van der Waals surface area contributed by atoms with Crippen LogP contribution in [0, 0.1) is 12.7 Å². The summed E-state index contributed by atoms with van der Waals surface area (Å²) in [7, 11) is 1.52. The van der Waals surface area contributed by atoms with Gasteiger partial charge in [-0.1, -0.05) is 17.7 Å². The lowest BCUT2D eigenvalue weighted by Crippen LogP contribution is -2.15. The van der Waals surface area contributed by atoms with Crippen molar-refractivity contribution in [3.63, 3.8) is 0 Å². The third-order valence-electron chi connectivity index (χ3n) is 3.73. The molecule has 0 atom stereocenters. The monoisotopic (exact) mass is 374 g/mol. The lowest BCUT2D eigenvalue weighted by atomic mass is 10.2. The fraction of sp³-hybridized carbons (Fsp3) is 0.158. The lowest BCUT2D eigenvalue weighted by Gasteiger charge is -2.07. The summed E-state index contributed by atoms with van der Waals surface area (Å²) in [6.45, 7) is 1.71. The van der Waals surface area contributed by atoms with Gasteiger partial charge in [0.05, 0.1) is 24.2 Å². The average molecular weight is 375 g/mol. The van der Waals surface area contributed by atoms with Gasteiger partial charge >= 0.3 is 0 Å². The van der Waals surface area contributed by atoms with Crippen molar-refractivity contribution in [2.45, 2.75) is 13.3 Å². The van der Waals surface area contributed by atoms with Crippen molar-refractivity contribution >= 4 is 23.2 Å². The van der Waals surface area contributed by atoms with Gasteiger partial charge in [-0.2, -0.15) is 0 Å². The first kappa shape index (κ1) is 17.9. The first-order valence-electron chi connectivity index (χ1n) is 7.82. The van der Waals surface area contributed by atoms with Crippen LogP contribution in [0.15, 0.2) is 46.9 Å². The SMILES string of the molecule is COc1ccc(NC(=O)Cc2nc(-c3cccc(F)c3)oc2C)cc1Cl. The quantitative estimate of drug-likeness (QED) is 0.707. The number of amides is 1. The highest BCUT2D eigenvalue weighted by atomic mass is 35.5. The van der Waals surface area contributed by atoms with Gasteiger partial charge in [0.25, 0.3) is 0 Å². The van der Waals surface area contributed by atoms with Crippen LogP contribution in [0.3, 0.4) is 0 Å². The maximum Gasteiger partial charge on any atom is 0.230 e. The molecule has 2 aromatic carbocycles. The Hall–Kier alpha value is -2.86. The summed E-state index contributed by atoms with van der Waals surface area (Å²) in [5.74, 6) is 0.656. The van der Waals surface area contributed by atoms with E-state index < -0.39 is 0 Å². The van der Waals surface area contributed by atoms with Crippen LogP contribution < -0.4 is 10.1 Å². The number of ether oxygens (including phenoxy) is 1. The lowest BCUT2D eigenvalue weighted by molar-refractivity contribution is -0.115. The number of aromatic nitrogens is 1. The van der Waals surface area contributed by atoms with Crippen LogP contribution in [0.2, 0.25) is 5.02 Å². The summed E-state index contributed by atoms with van der Waals surface area (Å²) < 4.78 is 24.0. The Kier molecular flexibility index (Phi) is 5.23. The summed E-state index contributed by atoms with van der Waals surface area (Å²) in [5.41, 5.74) is 1.55. The number of nitrogens with one attached hydrogen (secondary N) is 1. The van der Waals surface area contributed by atoms with Crippen LogP contribution in [0.1, 0.15) is 11.5 Å². The Morgan fingerprint density at radius 1 is 1.31 bits per heavy atom. The van der Waals surface area contributed by atoms with Crippen molar-refractivity contribution in [3.8, 4) is 17.2 Å². The van der Waals surface area contributed by atoms with Gasteiger partial charge in [0, 0.05) is 11.3 Å². The van der Waals surface area contributed by atoms with Gasteiger partial charge in [-0.3, -0.25) is 4.79 Å². The number of anilines is 1. The van der Waals surface area contributed by atoms with Crippen molar-refractivity contribution in [1.29, 1.82) is 0 Å². The molecule has 1 heterocycles. The molecule has 0 unspecified atom stereocenters. The predicted molar refractivity (Wildman–Crippen MR) is 97.0 cm³/mol. The summed E-state index contributed by atoms with van der Waals surface area (Å²) in [4.78, 5) is 16.6. The molecule has 0 radical (unpaired) electrons. The molecule has 7 heteroatoms. The van der Waals surface area contributed by atoms with E-state index in [-0.39, 0.29) is 24.0 Å². The number of methoxy groups -OCH3 is 1. The number of carbonyl (C=O) groups is 1. The van der Waals surface area contributed by atoms with Gasteiger partial charge in [-0.15, -0.1) is 0 Å². The van der Waals surface area contributed by atoms with Gasteiger partial charge in [0.15, 0.2) is 0 Å². The zero-order valence-corrected chi connectivity index (χ0v) is 14.9. The van der Waals surface area contributed by atoms with Gasteiger partial charge in [-0.05, 0) is 43.3 Å². The van der Waals surface area contributed by atoms with E-state index in [0.717, 1.165) is 0 Å². The number of carbonyl (C=O) groups excluding carboxylic acids is 1. The van der Waals surface area contributed by atoms with Crippen molar-refractivity contribution < 1.29 is 18.3 Å². The number of nitrogens with zero attached hydrogens (tertiary/aromatic N) is 1. The maximum absolute atomic E-state index is 13.3. The van der Waals surface area contributed by atoms with E-state index in [1.54, 1.807) is 37.3 Å². The predicted octanol–water partition coefficient (Wildman–Crippen LogP) is 4.63. The first-order chi connectivity index (χ1) is 12.5. The molecule has 0 saturated carbocycles. The third-order valence-corrected chi connectivity index (χ3v) is 4.02. The Morgan fingerprint density at radius 3 is 2.81 bits per heavy atom. The minimum Gasteiger partial charge on any atom is -0.495 e. The Bertz CT molecular complexity index is 956. The van der Waals surface area contributed by atoms with Crippen molar-refractivity contribution in [2.24, 2.45) is 0 Å². The van der Waals surface area contributed by atoms with Crippen molar-refractivity contribution in [3.05, 3.63) is 64.8 Å². The maximum atomic E-state index is 13.3. The third kappa shape index (κ3) is 4.03. The number of rotatable bonds is 5. The van der Waals surface area contributed by atoms with Crippen molar-refractivity contribution in [1.82, 2.24) is 4.98 Å². The first-order valence-corrected chi connectivity index (χ1v) is 8.19. The van der Waals surface area contributed by atoms with E-state index >= 15 is 0 Å². The smallest absolute Gasteiger partial charge is 0.230 e. The number of oxazole rings is 1. The second-order valence-corrected chi connectivity index (χ2v) is 6.01. The molecular weight excluding hydrogens is 359 g/mol. The van der Waals surface area contributed by atoms with E-state index in [1.165, 1.54) is 19.2 Å². The molecule has 1 N–H and O–H groups in total. The highest BCUT2D eigenvalue weighted by Gasteiger charge is 2.15. The van der Waals surface area contributed by atoms with Gasteiger partial charge in [0.2, 0.25) is 11.8 Å². The zero-order valence-electron chi connectivity index (χ0n) is 14.2. The standard InChI is InChI=1S/C19H16ClFN2O3/c1-11-16(23-19(26-11)12-4-3-5-13(21)8-12)10-18(24)22-14-6-7-17(25-2)15(20)9-14/h3-9H,10H2,1-2H3,(H,22,24). The molecule has 0 aliphatic rings. The van der Waals surface area contributed by atoms with Gasteiger partial charge < -0.3 is 14.5 Å². The number of aryl methyl sites for hydroxylation is 1. The van der Waals surface area contributed by atoms with Crippen molar-refractivity contribution in [2.75, 3.05) is 12.4 Å². The minimum absolute atomic E-state index is 0.0221.